The van der Waals surface area contributed by atoms with E-state index in [9.17, 15) is 9.59 Å². The standard InChI is InChI=1S/C21H25N3O3/c1-27-18-10-5-9-17(15-18)23-21(26)24-14-6-11-19(24)20(25)22-13-12-16-7-3-2-4-8-16/h2-5,7-10,15,19H,6,11-14H2,1H3,(H,22,25)(H,23,26). The Kier molecular flexibility index (Phi) is 6.30. The summed E-state index contributed by atoms with van der Waals surface area (Å²) in [6, 6.07) is 16.5. The van der Waals surface area contributed by atoms with E-state index < -0.39 is 6.04 Å². The fraction of sp³-hybridized carbons (Fsp3) is 0.333. The van der Waals surface area contributed by atoms with Crippen LogP contribution in [0.15, 0.2) is 54.6 Å². The number of nitrogens with one attached hydrogen (secondary N) is 2. The van der Waals surface area contributed by atoms with Gasteiger partial charge in [-0.15, -0.1) is 0 Å². The number of ether oxygens (including phenoxy) is 1. The van der Waals surface area contributed by atoms with Crippen LogP contribution in [0.2, 0.25) is 0 Å². The van der Waals surface area contributed by atoms with Crippen molar-refractivity contribution in [1.82, 2.24) is 10.2 Å². The second kappa shape index (κ2) is 9.07. The number of rotatable bonds is 6. The Labute approximate surface area is 159 Å². The van der Waals surface area contributed by atoms with Gasteiger partial charge < -0.3 is 20.3 Å². The average Bonchev–Trinajstić information content (AvgIpc) is 3.19. The second-order valence-corrected chi connectivity index (χ2v) is 6.54. The second-order valence-electron chi connectivity index (χ2n) is 6.54. The number of carbonyl (C=O) groups is 2. The quantitative estimate of drug-likeness (QED) is 0.824. The summed E-state index contributed by atoms with van der Waals surface area (Å²) in [6.45, 7) is 1.14. The number of benzene rings is 2. The van der Waals surface area contributed by atoms with Crippen LogP contribution in [0.5, 0.6) is 5.75 Å². The maximum Gasteiger partial charge on any atom is 0.322 e. The highest BCUT2D eigenvalue weighted by atomic mass is 16.5. The zero-order valence-electron chi connectivity index (χ0n) is 15.5. The first-order valence-electron chi connectivity index (χ1n) is 9.20. The summed E-state index contributed by atoms with van der Waals surface area (Å²) in [5, 5.41) is 5.81. The predicted octanol–water partition coefficient (Wildman–Crippen LogP) is 3.05. The molecule has 2 aromatic carbocycles. The van der Waals surface area contributed by atoms with Gasteiger partial charge in [-0.3, -0.25) is 4.79 Å². The number of amides is 3. The van der Waals surface area contributed by atoms with Crippen LogP contribution < -0.4 is 15.4 Å². The first-order chi connectivity index (χ1) is 13.2. The van der Waals surface area contributed by atoms with Gasteiger partial charge in [0.1, 0.15) is 11.8 Å². The van der Waals surface area contributed by atoms with E-state index in [-0.39, 0.29) is 11.9 Å². The van der Waals surface area contributed by atoms with Crippen LogP contribution in [0, 0.1) is 0 Å². The summed E-state index contributed by atoms with van der Waals surface area (Å²) in [5.41, 5.74) is 1.83. The molecule has 2 N–H and O–H groups in total. The Morgan fingerprint density at radius 3 is 2.74 bits per heavy atom. The van der Waals surface area contributed by atoms with E-state index in [0.29, 0.717) is 30.9 Å². The summed E-state index contributed by atoms with van der Waals surface area (Å²) in [4.78, 5) is 26.8. The maximum absolute atomic E-state index is 12.6. The van der Waals surface area contributed by atoms with E-state index >= 15 is 0 Å². The molecule has 0 spiro atoms. The Morgan fingerprint density at radius 2 is 1.96 bits per heavy atom. The van der Waals surface area contributed by atoms with Gasteiger partial charge in [-0.2, -0.15) is 0 Å². The summed E-state index contributed by atoms with van der Waals surface area (Å²) in [6.07, 6.45) is 2.28. The van der Waals surface area contributed by atoms with Gasteiger partial charge in [-0.25, -0.2) is 4.79 Å². The minimum atomic E-state index is -0.425. The molecular weight excluding hydrogens is 342 g/mol. The van der Waals surface area contributed by atoms with E-state index in [1.165, 1.54) is 5.56 Å². The van der Waals surface area contributed by atoms with Crippen molar-refractivity contribution in [3.05, 3.63) is 60.2 Å². The summed E-state index contributed by atoms with van der Waals surface area (Å²) < 4.78 is 5.17. The molecule has 0 radical (unpaired) electrons. The first kappa shape index (κ1) is 18.8. The van der Waals surface area contributed by atoms with E-state index in [4.69, 9.17) is 4.74 Å². The normalized spacial score (nSPS) is 16.0. The molecule has 6 heteroatoms. The summed E-state index contributed by atoms with van der Waals surface area (Å²) in [7, 11) is 1.58. The Morgan fingerprint density at radius 1 is 1.15 bits per heavy atom. The van der Waals surface area contributed by atoms with Crippen molar-refractivity contribution in [3.8, 4) is 5.75 Å². The molecule has 27 heavy (non-hydrogen) atoms. The van der Waals surface area contributed by atoms with Gasteiger partial charge >= 0.3 is 6.03 Å². The van der Waals surface area contributed by atoms with E-state index in [2.05, 4.69) is 10.6 Å². The number of likely N-dealkylation sites (tertiary alicyclic amines) is 1. The molecule has 1 heterocycles. The van der Waals surface area contributed by atoms with Crippen LogP contribution in [0.1, 0.15) is 18.4 Å². The molecule has 1 aliphatic rings. The third-order valence-electron chi connectivity index (χ3n) is 4.69. The number of nitrogens with zero attached hydrogens (tertiary/aromatic N) is 1. The number of anilines is 1. The average molecular weight is 367 g/mol. The fourth-order valence-corrected chi connectivity index (χ4v) is 3.27. The molecule has 0 aromatic heterocycles. The number of urea groups is 1. The monoisotopic (exact) mass is 367 g/mol. The lowest BCUT2D eigenvalue weighted by Gasteiger charge is -2.24. The highest BCUT2D eigenvalue weighted by Gasteiger charge is 2.33. The first-order valence-corrected chi connectivity index (χ1v) is 9.20. The van der Waals surface area contributed by atoms with Crippen molar-refractivity contribution in [2.24, 2.45) is 0 Å². The number of methoxy groups -OCH3 is 1. The van der Waals surface area contributed by atoms with E-state index in [1.54, 1.807) is 24.1 Å². The molecule has 0 aliphatic carbocycles. The van der Waals surface area contributed by atoms with Crippen molar-refractivity contribution >= 4 is 17.6 Å². The molecular formula is C21H25N3O3. The van der Waals surface area contributed by atoms with Crippen LogP contribution in [-0.4, -0.2) is 43.1 Å². The molecule has 3 rings (SSSR count). The molecule has 0 saturated carbocycles. The third kappa shape index (κ3) is 5.00. The van der Waals surface area contributed by atoms with Crippen molar-refractivity contribution in [2.75, 3.05) is 25.5 Å². The molecule has 1 aliphatic heterocycles. The van der Waals surface area contributed by atoms with Crippen molar-refractivity contribution in [3.63, 3.8) is 0 Å². The SMILES string of the molecule is COc1cccc(NC(=O)N2CCCC2C(=O)NCCc2ccccc2)c1. The van der Waals surface area contributed by atoms with Crippen LogP contribution in [0.4, 0.5) is 10.5 Å². The predicted molar refractivity (Wildman–Crippen MR) is 105 cm³/mol. The lowest BCUT2D eigenvalue weighted by atomic mass is 10.1. The highest BCUT2D eigenvalue weighted by molar-refractivity contribution is 5.94. The van der Waals surface area contributed by atoms with Gasteiger partial charge in [0, 0.05) is 24.8 Å². The zero-order valence-corrected chi connectivity index (χ0v) is 15.5. The molecule has 1 atom stereocenters. The summed E-state index contributed by atoms with van der Waals surface area (Å²) in [5.74, 6) is 0.577. The Balaban J connectivity index is 1.53. The molecule has 3 amide bonds. The van der Waals surface area contributed by atoms with Crippen molar-refractivity contribution in [2.45, 2.75) is 25.3 Å². The zero-order chi connectivity index (χ0) is 19.1. The minimum absolute atomic E-state index is 0.0933. The highest BCUT2D eigenvalue weighted by Crippen LogP contribution is 2.21. The van der Waals surface area contributed by atoms with Gasteiger partial charge in [0.15, 0.2) is 0 Å². The van der Waals surface area contributed by atoms with Gasteiger partial charge in [0.25, 0.3) is 0 Å². The molecule has 1 saturated heterocycles. The van der Waals surface area contributed by atoms with Gasteiger partial charge in [0.2, 0.25) is 5.91 Å². The lowest BCUT2D eigenvalue weighted by molar-refractivity contribution is -0.124. The third-order valence-corrected chi connectivity index (χ3v) is 4.69. The van der Waals surface area contributed by atoms with Crippen molar-refractivity contribution < 1.29 is 14.3 Å². The number of hydrogen-bond acceptors (Lipinski definition) is 3. The minimum Gasteiger partial charge on any atom is -0.497 e. The van der Waals surface area contributed by atoms with E-state index in [1.807, 2.05) is 42.5 Å². The van der Waals surface area contributed by atoms with Crippen LogP contribution in [0.25, 0.3) is 0 Å². The van der Waals surface area contributed by atoms with E-state index in [0.717, 1.165) is 12.8 Å². The van der Waals surface area contributed by atoms with Gasteiger partial charge in [-0.05, 0) is 37.0 Å². The lowest BCUT2D eigenvalue weighted by Crippen LogP contribution is -2.47. The van der Waals surface area contributed by atoms with Crippen LogP contribution >= 0.6 is 0 Å². The van der Waals surface area contributed by atoms with Gasteiger partial charge in [-0.1, -0.05) is 36.4 Å². The van der Waals surface area contributed by atoms with Crippen molar-refractivity contribution in [1.29, 1.82) is 0 Å². The molecule has 6 nitrogen and oxygen atoms in total. The topological polar surface area (TPSA) is 70.7 Å². The maximum atomic E-state index is 12.6. The van der Waals surface area contributed by atoms with Crippen LogP contribution in [-0.2, 0) is 11.2 Å². The molecule has 1 fully saturated rings. The summed E-state index contributed by atoms with van der Waals surface area (Å²) >= 11 is 0. The smallest absolute Gasteiger partial charge is 0.322 e. The fourth-order valence-electron chi connectivity index (χ4n) is 3.27. The Bertz CT molecular complexity index is 779. The Hall–Kier alpha value is -3.02. The molecule has 1 unspecified atom stereocenters. The largest absolute Gasteiger partial charge is 0.497 e. The van der Waals surface area contributed by atoms with Gasteiger partial charge in [0.05, 0.1) is 7.11 Å². The number of carbonyl (C=O) groups excluding carboxylic acids is 2. The molecule has 2 aromatic rings. The molecule has 0 bridgehead atoms. The van der Waals surface area contributed by atoms with Crippen LogP contribution in [0.3, 0.4) is 0 Å². The molecule has 142 valence electrons. The number of hydrogen-bond donors (Lipinski definition) is 2.